The van der Waals surface area contributed by atoms with Crippen molar-refractivity contribution in [2.45, 2.75) is 34.6 Å². The zero-order valence-electron chi connectivity index (χ0n) is 18.2. The number of hydrogen-bond acceptors (Lipinski definition) is 7. The summed E-state index contributed by atoms with van der Waals surface area (Å²) in [6.45, 7) is 12.5. The fraction of sp³-hybridized carbons (Fsp3) is 0.333. The maximum absolute atomic E-state index is 6.20. The van der Waals surface area contributed by atoms with Crippen molar-refractivity contribution in [1.29, 1.82) is 0 Å². The molecule has 0 aliphatic heterocycles. The molecule has 162 valence electrons. The van der Waals surface area contributed by atoms with Crippen LogP contribution in [0.15, 0.2) is 18.2 Å². The number of thiophene rings is 4. The van der Waals surface area contributed by atoms with E-state index in [2.05, 4.69) is 45.9 Å². The second kappa shape index (κ2) is 8.28. The molecule has 7 heteroatoms. The quantitative estimate of drug-likeness (QED) is 0.229. The smallest absolute Gasteiger partial charge is 0.174 e. The molecule has 5 rings (SSSR count). The summed E-state index contributed by atoms with van der Waals surface area (Å²) >= 11 is 7.19. The average molecular weight is 489 g/mol. The van der Waals surface area contributed by atoms with Crippen molar-refractivity contribution in [3.05, 3.63) is 28.0 Å². The summed E-state index contributed by atoms with van der Waals surface area (Å²) in [6.07, 6.45) is 0. The molecule has 4 aromatic heterocycles. The zero-order chi connectivity index (χ0) is 21.7. The van der Waals surface area contributed by atoms with E-state index in [1.54, 1.807) is 34.0 Å². The number of hydrogen-bond donors (Lipinski definition) is 0. The van der Waals surface area contributed by atoms with Gasteiger partial charge in [0.1, 0.15) is 11.5 Å². The van der Waals surface area contributed by atoms with E-state index in [9.17, 15) is 0 Å². The monoisotopic (exact) mass is 488 g/mol. The van der Waals surface area contributed by atoms with E-state index in [1.807, 2.05) is 18.3 Å². The van der Waals surface area contributed by atoms with Crippen molar-refractivity contribution in [1.82, 2.24) is 0 Å². The molecular weight excluding hydrogens is 465 g/mol. The van der Waals surface area contributed by atoms with Gasteiger partial charge in [-0.05, 0) is 46.8 Å². The second-order valence-corrected chi connectivity index (χ2v) is 11.8. The third-order valence-electron chi connectivity index (χ3n) is 5.11. The Morgan fingerprint density at radius 2 is 1.29 bits per heavy atom. The van der Waals surface area contributed by atoms with Crippen molar-refractivity contribution < 1.29 is 14.2 Å². The zero-order valence-corrected chi connectivity index (χ0v) is 21.5. The SMILES string of the molecule is CCOc1cc2c(-c3cc4c(OCC)c5sc(C)cc5c(OCC)c4s3)sc(C)c2s1. The van der Waals surface area contributed by atoms with Crippen LogP contribution in [0.2, 0.25) is 0 Å². The van der Waals surface area contributed by atoms with Crippen LogP contribution in [0.4, 0.5) is 0 Å². The predicted octanol–water partition coefficient (Wildman–Crippen LogP) is 8.87. The third-order valence-corrected chi connectivity index (χ3v) is 9.89. The van der Waals surface area contributed by atoms with E-state index in [0.717, 1.165) is 27.3 Å². The number of fused-ring (bicyclic) bond motifs is 3. The van der Waals surface area contributed by atoms with E-state index in [-0.39, 0.29) is 0 Å². The fourth-order valence-corrected chi connectivity index (χ4v) is 8.58. The first-order valence-corrected chi connectivity index (χ1v) is 13.7. The minimum Gasteiger partial charge on any atom is -0.492 e. The van der Waals surface area contributed by atoms with Gasteiger partial charge in [-0.3, -0.25) is 0 Å². The molecule has 0 N–H and O–H groups in total. The number of ether oxygens (including phenoxy) is 3. The van der Waals surface area contributed by atoms with Gasteiger partial charge < -0.3 is 14.2 Å². The summed E-state index contributed by atoms with van der Waals surface area (Å²) in [4.78, 5) is 5.17. The summed E-state index contributed by atoms with van der Waals surface area (Å²) in [5, 5.41) is 4.59. The molecule has 0 aliphatic rings. The van der Waals surface area contributed by atoms with Gasteiger partial charge in [-0.15, -0.1) is 34.0 Å². The highest BCUT2D eigenvalue weighted by Crippen LogP contribution is 2.53. The van der Waals surface area contributed by atoms with Crippen molar-refractivity contribution in [3.63, 3.8) is 0 Å². The van der Waals surface area contributed by atoms with Crippen LogP contribution in [0, 0.1) is 13.8 Å². The molecule has 0 amide bonds. The highest BCUT2D eigenvalue weighted by molar-refractivity contribution is 7.30. The van der Waals surface area contributed by atoms with Crippen LogP contribution in [0.5, 0.6) is 16.6 Å². The van der Waals surface area contributed by atoms with Crippen LogP contribution < -0.4 is 14.2 Å². The van der Waals surface area contributed by atoms with Gasteiger partial charge in [0, 0.05) is 36.9 Å². The van der Waals surface area contributed by atoms with Gasteiger partial charge in [-0.1, -0.05) is 11.3 Å². The molecule has 0 saturated heterocycles. The van der Waals surface area contributed by atoms with Gasteiger partial charge in [0.05, 0.1) is 38.8 Å². The molecular formula is C24H24O3S4. The van der Waals surface area contributed by atoms with Gasteiger partial charge in [-0.2, -0.15) is 0 Å². The van der Waals surface area contributed by atoms with E-state index < -0.39 is 0 Å². The largest absolute Gasteiger partial charge is 0.492 e. The molecule has 3 nitrogen and oxygen atoms in total. The highest BCUT2D eigenvalue weighted by atomic mass is 32.1. The Morgan fingerprint density at radius 3 is 1.97 bits per heavy atom. The maximum Gasteiger partial charge on any atom is 0.174 e. The Balaban J connectivity index is 1.79. The van der Waals surface area contributed by atoms with E-state index in [0.29, 0.717) is 19.8 Å². The Labute approximate surface area is 197 Å². The van der Waals surface area contributed by atoms with Crippen molar-refractivity contribution in [3.8, 4) is 26.3 Å². The number of benzene rings is 1. The Morgan fingerprint density at radius 1 is 0.645 bits per heavy atom. The Bertz CT molecular complexity index is 1340. The lowest BCUT2D eigenvalue weighted by atomic mass is 10.1. The molecule has 0 fully saturated rings. The molecule has 0 atom stereocenters. The standard InChI is InChI=1S/C24H24O3S4/c1-6-25-18-11-16-21(31-18)13(5)29-22(16)17-10-15-20(27-8-3)23-14(9-12(4)28-23)19(26-7-2)24(15)30-17/h9-11H,6-8H2,1-5H3. The van der Waals surface area contributed by atoms with Crippen LogP contribution >= 0.6 is 45.3 Å². The molecule has 0 bridgehead atoms. The van der Waals surface area contributed by atoms with E-state index >= 15 is 0 Å². The van der Waals surface area contributed by atoms with E-state index in [1.165, 1.54) is 39.0 Å². The highest BCUT2D eigenvalue weighted by Gasteiger charge is 2.23. The van der Waals surface area contributed by atoms with Crippen LogP contribution in [-0.4, -0.2) is 19.8 Å². The van der Waals surface area contributed by atoms with Crippen molar-refractivity contribution in [2.75, 3.05) is 19.8 Å². The lowest BCUT2D eigenvalue weighted by molar-refractivity contribution is 0.343. The lowest BCUT2D eigenvalue weighted by Crippen LogP contribution is -1.95. The number of rotatable bonds is 7. The van der Waals surface area contributed by atoms with Crippen molar-refractivity contribution in [2.24, 2.45) is 0 Å². The topological polar surface area (TPSA) is 27.7 Å². The number of aryl methyl sites for hydroxylation is 2. The van der Waals surface area contributed by atoms with Gasteiger partial charge in [-0.25, -0.2) is 0 Å². The van der Waals surface area contributed by atoms with Gasteiger partial charge in [0.25, 0.3) is 0 Å². The van der Waals surface area contributed by atoms with E-state index in [4.69, 9.17) is 14.2 Å². The molecule has 5 aromatic rings. The molecule has 0 radical (unpaired) electrons. The minimum absolute atomic E-state index is 0.644. The predicted molar refractivity (Wildman–Crippen MR) is 139 cm³/mol. The summed E-state index contributed by atoms with van der Waals surface area (Å²) in [5.41, 5.74) is 0. The summed E-state index contributed by atoms with van der Waals surface area (Å²) < 4.78 is 21.9. The first kappa shape index (κ1) is 21.1. The maximum atomic E-state index is 6.20. The average Bonchev–Trinajstić information content (AvgIpc) is 3.49. The summed E-state index contributed by atoms with van der Waals surface area (Å²) in [6, 6.07) is 6.72. The molecule has 1 aromatic carbocycles. The third kappa shape index (κ3) is 3.42. The van der Waals surface area contributed by atoms with Gasteiger partial charge in [0.2, 0.25) is 0 Å². The first-order chi connectivity index (χ1) is 15.0. The molecule has 0 saturated carbocycles. The molecule has 0 aliphatic carbocycles. The lowest BCUT2D eigenvalue weighted by Gasteiger charge is -2.11. The molecule has 0 unspecified atom stereocenters. The van der Waals surface area contributed by atoms with Crippen LogP contribution in [0.3, 0.4) is 0 Å². The minimum atomic E-state index is 0.644. The first-order valence-electron chi connectivity index (χ1n) is 10.5. The summed E-state index contributed by atoms with van der Waals surface area (Å²) in [7, 11) is 0. The molecule has 31 heavy (non-hydrogen) atoms. The van der Waals surface area contributed by atoms with Crippen LogP contribution in [0.1, 0.15) is 30.5 Å². The molecule has 4 heterocycles. The normalized spacial score (nSPS) is 11.8. The summed E-state index contributed by atoms with van der Waals surface area (Å²) in [5.74, 6) is 1.97. The van der Waals surface area contributed by atoms with Crippen molar-refractivity contribution >= 4 is 75.6 Å². The molecule has 0 spiro atoms. The van der Waals surface area contributed by atoms with Gasteiger partial charge >= 0.3 is 0 Å². The van der Waals surface area contributed by atoms with Gasteiger partial charge in [0.15, 0.2) is 5.06 Å². The Hall–Kier alpha value is -1.80. The van der Waals surface area contributed by atoms with Crippen LogP contribution in [-0.2, 0) is 0 Å². The Kier molecular flexibility index (Phi) is 5.63. The second-order valence-electron chi connectivity index (χ2n) is 7.21. The van der Waals surface area contributed by atoms with Crippen LogP contribution in [0.25, 0.3) is 40.0 Å². The fourth-order valence-electron chi connectivity index (χ4n) is 3.96.